The highest BCUT2D eigenvalue weighted by Gasteiger charge is 2.46. The lowest BCUT2D eigenvalue weighted by Gasteiger charge is -2.40. The van der Waals surface area contributed by atoms with Crippen molar-refractivity contribution in [2.24, 2.45) is 0 Å². The maximum atomic E-state index is 2.66. The van der Waals surface area contributed by atoms with Crippen molar-refractivity contribution in [3.8, 4) is 27.9 Å². The molecule has 2 atom stereocenters. The predicted molar refractivity (Wildman–Crippen MR) is 254 cm³/mol. The lowest BCUT2D eigenvalue weighted by Crippen LogP contribution is -2.40. The van der Waals surface area contributed by atoms with Crippen LogP contribution in [-0.2, 0) is 5.41 Å². The zero-order valence-corrected chi connectivity index (χ0v) is 33.6. The Hall–Kier alpha value is -7.16. The Morgan fingerprint density at radius 2 is 1.30 bits per heavy atom. The highest BCUT2D eigenvalue weighted by molar-refractivity contribution is 6.20. The summed E-state index contributed by atoms with van der Waals surface area (Å²) in [5.74, 6) is 0. The summed E-state index contributed by atoms with van der Waals surface area (Å²) in [6.07, 6.45) is 18.7. The molecule has 0 saturated carbocycles. The van der Waals surface area contributed by atoms with E-state index in [4.69, 9.17) is 0 Å². The fraction of sp³-hybridized carbons (Fsp3) is 0.103. The van der Waals surface area contributed by atoms with Gasteiger partial charge in [-0.25, -0.2) is 0 Å². The third kappa shape index (κ3) is 3.99. The molecule has 0 amide bonds. The third-order valence-corrected chi connectivity index (χ3v) is 14.8. The molecular formula is C58H40N2. The van der Waals surface area contributed by atoms with Crippen molar-refractivity contribution in [2.45, 2.75) is 37.6 Å². The molecular weight excluding hydrogens is 725 g/mol. The van der Waals surface area contributed by atoms with E-state index in [1.165, 1.54) is 121 Å². The number of allylic oxidation sites excluding steroid dienone is 5. The third-order valence-electron chi connectivity index (χ3n) is 14.8. The number of rotatable bonds is 2. The van der Waals surface area contributed by atoms with Gasteiger partial charge in [0.25, 0.3) is 0 Å². The molecule has 2 aliphatic heterocycles. The van der Waals surface area contributed by atoms with E-state index in [9.17, 15) is 0 Å². The summed E-state index contributed by atoms with van der Waals surface area (Å²) in [4.78, 5) is 2.66. The van der Waals surface area contributed by atoms with Crippen molar-refractivity contribution in [2.75, 3.05) is 4.90 Å². The van der Waals surface area contributed by atoms with Crippen LogP contribution in [0.2, 0.25) is 0 Å². The maximum absolute atomic E-state index is 2.66. The van der Waals surface area contributed by atoms with Gasteiger partial charge >= 0.3 is 0 Å². The lowest BCUT2D eigenvalue weighted by molar-refractivity contribution is 0.594. The molecule has 2 heteroatoms. The van der Waals surface area contributed by atoms with E-state index in [1.807, 2.05) is 0 Å². The van der Waals surface area contributed by atoms with Gasteiger partial charge in [-0.2, -0.15) is 0 Å². The highest BCUT2D eigenvalue weighted by Crippen LogP contribution is 2.57. The molecule has 0 radical (unpaired) electrons. The summed E-state index contributed by atoms with van der Waals surface area (Å²) in [5, 5.41) is 9.37. The number of fused-ring (bicyclic) bond motifs is 13. The zero-order chi connectivity index (χ0) is 39.5. The molecule has 14 rings (SSSR count). The fourth-order valence-electron chi connectivity index (χ4n) is 12.1. The molecule has 60 heavy (non-hydrogen) atoms. The Balaban J connectivity index is 0.939. The monoisotopic (exact) mass is 764 g/mol. The van der Waals surface area contributed by atoms with Gasteiger partial charge in [0.1, 0.15) is 0 Å². The van der Waals surface area contributed by atoms with Crippen LogP contribution in [0.4, 0.5) is 11.4 Å². The van der Waals surface area contributed by atoms with Gasteiger partial charge < -0.3 is 9.47 Å². The maximum Gasteiger partial charge on any atom is 0.0716 e. The van der Waals surface area contributed by atoms with E-state index in [1.54, 1.807) is 0 Å². The van der Waals surface area contributed by atoms with Crippen LogP contribution in [-0.4, -0.2) is 10.1 Å². The molecule has 2 unspecified atom stereocenters. The quantitative estimate of drug-likeness (QED) is 0.170. The number of hydrogen-bond donors (Lipinski definition) is 0. The van der Waals surface area contributed by atoms with E-state index in [2.05, 4.69) is 205 Å². The van der Waals surface area contributed by atoms with Crippen LogP contribution in [0.15, 0.2) is 170 Å². The smallest absolute Gasteiger partial charge is 0.0716 e. The van der Waals surface area contributed by atoms with E-state index < -0.39 is 0 Å². The van der Waals surface area contributed by atoms with Gasteiger partial charge in [-0.05, 0) is 117 Å². The predicted octanol–water partition coefficient (Wildman–Crippen LogP) is 14.3. The SMILES string of the molecule is CC12C=CC=c3c1c(c1cccc4c(N5c6ccccc6C6=CC(c7ccc8c(c7)c7cccc9c7n8-c7ccccc7-c7ccccc7-9)=CCC65C)ccc3c41)C=CC2. The summed E-state index contributed by atoms with van der Waals surface area (Å²) in [6.45, 7) is 4.86. The Bertz CT molecular complexity index is 3640. The van der Waals surface area contributed by atoms with Crippen molar-refractivity contribution in [3.63, 3.8) is 0 Å². The minimum absolute atomic E-state index is 0.0241. The van der Waals surface area contributed by atoms with E-state index in [0.717, 1.165) is 12.8 Å². The van der Waals surface area contributed by atoms with Gasteiger partial charge in [0.15, 0.2) is 0 Å². The summed E-state index contributed by atoms with van der Waals surface area (Å²) < 4.78 is 2.51. The molecule has 3 heterocycles. The lowest BCUT2D eigenvalue weighted by atomic mass is 9.69. The largest absolute Gasteiger partial charge is 0.330 e. The van der Waals surface area contributed by atoms with Crippen LogP contribution < -0.4 is 10.1 Å². The van der Waals surface area contributed by atoms with Crippen LogP contribution in [0.3, 0.4) is 0 Å². The number of para-hydroxylation sites is 3. The van der Waals surface area contributed by atoms with Crippen LogP contribution in [0.25, 0.3) is 94.6 Å². The molecule has 0 N–H and O–H groups in total. The summed E-state index contributed by atoms with van der Waals surface area (Å²) in [5.41, 5.74) is 19.3. The van der Waals surface area contributed by atoms with E-state index in [-0.39, 0.29) is 11.0 Å². The molecule has 3 aliphatic carbocycles. The summed E-state index contributed by atoms with van der Waals surface area (Å²) in [7, 11) is 0. The molecule has 0 bridgehead atoms. The van der Waals surface area contributed by atoms with Crippen molar-refractivity contribution < 1.29 is 0 Å². The average molecular weight is 765 g/mol. The minimum Gasteiger partial charge on any atom is -0.330 e. The number of hydrogen-bond acceptors (Lipinski definition) is 1. The second kappa shape index (κ2) is 11.3. The molecule has 8 aromatic carbocycles. The Morgan fingerprint density at radius 1 is 0.567 bits per heavy atom. The van der Waals surface area contributed by atoms with Crippen molar-refractivity contribution in [3.05, 3.63) is 197 Å². The first-order chi connectivity index (χ1) is 29.5. The van der Waals surface area contributed by atoms with Gasteiger partial charge in [-0.1, -0.05) is 153 Å². The van der Waals surface area contributed by atoms with Gasteiger partial charge in [0, 0.05) is 49.6 Å². The average Bonchev–Trinajstić information content (AvgIpc) is 3.71. The Morgan fingerprint density at radius 3 is 2.18 bits per heavy atom. The van der Waals surface area contributed by atoms with Crippen LogP contribution in [0.5, 0.6) is 0 Å². The minimum atomic E-state index is -0.258. The summed E-state index contributed by atoms with van der Waals surface area (Å²) in [6, 6.07) is 52.7. The van der Waals surface area contributed by atoms with E-state index in [0.29, 0.717) is 0 Å². The molecule has 1 aromatic heterocycles. The number of benzene rings is 8. The molecule has 0 fully saturated rings. The van der Waals surface area contributed by atoms with Crippen LogP contribution in [0, 0.1) is 0 Å². The fourth-order valence-corrected chi connectivity index (χ4v) is 12.1. The van der Waals surface area contributed by atoms with Crippen LogP contribution in [0.1, 0.15) is 48.9 Å². The van der Waals surface area contributed by atoms with Gasteiger partial charge in [-0.15, -0.1) is 0 Å². The zero-order valence-electron chi connectivity index (χ0n) is 33.6. The Kier molecular flexibility index (Phi) is 6.18. The summed E-state index contributed by atoms with van der Waals surface area (Å²) >= 11 is 0. The first-order valence-corrected chi connectivity index (χ1v) is 21.5. The molecule has 0 saturated heterocycles. The Labute approximate surface area is 349 Å². The molecule has 2 nitrogen and oxygen atoms in total. The highest BCUT2D eigenvalue weighted by atomic mass is 15.2. The number of aromatic nitrogens is 1. The van der Waals surface area contributed by atoms with Crippen LogP contribution >= 0.6 is 0 Å². The second-order valence-corrected chi connectivity index (χ2v) is 18.0. The van der Waals surface area contributed by atoms with Gasteiger partial charge in [0.05, 0.1) is 22.3 Å². The molecule has 9 aromatic rings. The van der Waals surface area contributed by atoms with Crippen molar-refractivity contribution in [1.29, 1.82) is 0 Å². The number of anilines is 2. The number of nitrogens with zero attached hydrogens (tertiary/aromatic N) is 2. The first-order valence-electron chi connectivity index (χ1n) is 21.5. The van der Waals surface area contributed by atoms with Gasteiger partial charge in [-0.3, -0.25) is 0 Å². The van der Waals surface area contributed by atoms with Gasteiger partial charge in [0.2, 0.25) is 0 Å². The molecule has 282 valence electrons. The molecule has 5 aliphatic rings. The molecule has 0 spiro atoms. The first kappa shape index (κ1) is 32.8. The topological polar surface area (TPSA) is 8.17 Å². The normalized spacial score (nSPS) is 20.3. The van der Waals surface area contributed by atoms with Crippen molar-refractivity contribution >= 4 is 78.0 Å². The van der Waals surface area contributed by atoms with E-state index >= 15 is 0 Å². The standard InChI is InChI=1S/C58H40N2/c1-57-30-11-21-42-40-17-9-20-47-53(28-26-41(54(40)47)43(55(42)57)22-12-31-57)60-52-24-8-6-16-46(52)49-34-36(29-32-58(49,60)2)35-25-27-51-48(33-35)45-19-10-18-44-38-14-4-3-13-37(38)39-15-5-7-23-50(39)59(51)56(44)45/h3-29,31,33-34H,30,32H2,1-2H3. The second-order valence-electron chi connectivity index (χ2n) is 18.0. The van der Waals surface area contributed by atoms with Crippen molar-refractivity contribution in [1.82, 2.24) is 4.57 Å².